The van der Waals surface area contributed by atoms with Gasteiger partial charge in [-0.2, -0.15) is 0 Å². The van der Waals surface area contributed by atoms with Gasteiger partial charge in [0.25, 0.3) is 0 Å². The highest BCUT2D eigenvalue weighted by molar-refractivity contribution is 5.63. The zero-order valence-corrected chi connectivity index (χ0v) is 13.1. The lowest BCUT2D eigenvalue weighted by molar-refractivity contribution is 0.275. The van der Waals surface area contributed by atoms with Crippen molar-refractivity contribution in [2.75, 3.05) is 19.7 Å². The minimum absolute atomic E-state index is 0.821. The Labute approximate surface area is 133 Å². The zero-order chi connectivity index (χ0) is 15.0. The molecule has 116 valence electrons. The van der Waals surface area contributed by atoms with E-state index < -0.39 is 0 Å². The molecule has 0 spiro atoms. The highest BCUT2D eigenvalue weighted by Gasteiger charge is 2.12. The number of benzene rings is 2. The molecule has 0 amide bonds. The Morgan fingerprint density at radius 1 is 0.955 bits per heavy atom. The lowest BCUT2D eigenvalue weighted by Gasteiger charge is -2.22. The summed E-state index contributed by atoms with van der Waals surface area (Å²) in [6, 6.07) is 18.9. The van der Waals surface area contributed by atoms with Crippen LogP contribution in [0.3, 0.4) is 0 Å². The average Bonchev–Trinajstić information content (AvgIpc) is 2.61. The molecule has 2 heteroatoms. The molecule has 1 saturated heterocycles. The van der Waals surface area contributed by atoms with Gasteiger partial charge >= 0.3 is 0 Å². The van der Waals surface area contributed by atoms with E-state index in [4.69, 9.17) is 4.74 Å². The maximum Gasteiger partial charge on any atom is 0.119 e. The SMILES string of the molecule is c1ccc(-c2ccc(OCCCC3CCCNC3)cc2)cc1. The van der Waals surface area contributed by atoms with E-state index in [9.17, 15) is 0 Å². The van der Waals surface area contributed by atoms with Crippen LogP contribution in [-0.4, -0.2) is 19.7 Å². The molecule has 0 aliphatic carbocycles. The fourth-order valence-electron chi connectivity index (χ4n) is 3.11. The Morgan fingerprint density at radius 2 is 1.73 bits per heavy atom. The summed E-state index contributed by atoms with van der Waals surface area (Å²) in [7, 11) is 0. The van der Waals surface area contributed by atoms with E-state index in [2.05, 4.69) is 53.8 Å². The third-order valence-electron chi connectivity index (χ3n) is 4.39. The molecule has 22 heavy (non-hydrogen) atoms. The minimum atomic E-state index is 0.821. The molecule has 0 bridgehead atoms. The predicted octanol–water partition coefficient (Wildman–Crippen LogP) is 4.51. The molecule has 0 saturated carbocycles. The second-order valence-corrected chi connectivity index (χ2v) is 6.09. The molecule has 1 aliphatic rings. The van der Waals surface area contributed by atoms with E-state index >= 15 is 0 Å². The highest BCUT2D eigenvalue weighted by Crippen LogP contribution is 2.22. The maximum absolute atomic E-state index is 5.87. The molecular weight excluding hydrogens is 270 g/mol. The summed E-state index contributed by atoms with van der Waals surface area (Å²) in [6.07, 6.45) is 5.12. The van der Waals surface area contributed by atoms with Crippen LogP contribution >= 0.6 is 0 Å². The highest BCUT2D eigenvalue weighted by atomic mass is 16.5. The molecule has 1 fully saturated rings. The number of piperidine rings is 1. The summed E-state index contributed by atoms with van der Waals surface area (Å²) in [5.74, 6) is 1.82. The standard InChI is InChI=1S/C20H25NO/c1-2-8-18(9-3-1)19-10-12-20(13-11-19)22-15-5-7-17-6-4-14-21-16-17/h1-3,8-13,17,21H,4-7,14-16H2. The van der Waals surface area contributed by atoms with Gasteiger partial charge in [-0.1, -0.05) is 42.5 Å². The first-order valence-electron chi connectivity index (χ1n) is 8.41. The first kappa shape index (κ1) is 15.1. The van der Waals surface area contributed by atoms with Crippen LogP contribution < -0.4 is 10.1 Å². The molecule has 1 heterocycles. The van der Waals surface area contributed by atoms with Crippen LogP contribution in [0.25, 0.3) is 11.1 Å². The summed E-state index contributed by atoms with van der Waals surface area (Å²) in [5, 5.41) is 3.47. The summed E-state index contributed by atoms with van der Waals surface area (Å²) >= 11 is 0. The molecule has 1 atom stereocenters. The van der Waals surface area contributed by atoms with Crippen molar-refractivity contribution in [3.05, 3.63) is 54.6 Å². The van der Waals surface area contributed by atoms with Crippen molar-refractivity contribution in [3.8, 4) is 16.9 Å². The number of rotatable bonds is 6. The van der Waals surface area contributed by atoms with Crippen molar-refractivity contribution < 1.29 is 4.74 Å². The van der Waals surface area contributed by atoms with Gasteiger partial charge in [-0.25, -0.2) is 0 Å². The largest absolute Gasteiger partial charge is 0.494 e. The Morgan fingerprint density at radius 3 is 2.45 bits per heavy atom. The van der Waals surface area contributed by atoms with Gasteiger partial charge in [0.1, 0.15) is 5.75 Å². The second-order valence-electron chi connectivity index (χ2n) is 6.09. The van der Waals surface area contributed by atoms with Gasteiger partial charge in [0.15, 0.2) is 0 Å². The Balaban J connectivity index is 1.43. The van der Waals surface area contributed by atoms with Crippen LogP contribution in [0.5, 0.6) is 5.75 Å². The lowest BCUT2D eigenvalue weighted by atomic mass is 9.95. The topological polar surface area (TPSA) is 21.3 Å². The van der Waals surface area contributed by atoms with E-state index in [1.807, 2.05) is 6.07 Å². The quantitative estimate of drug-likeness (QED) is 0.792. The van der Waals surface area contributed by atoms with Gasteiger partial charge in [0.05, 0.1) is 6.61 Å². The third-order valence-corrected chi connectivity index (χ3v) is 4.39. The van der Waals surface area contributed by atoms with Crippen molar-refractivity contribution in [2.45, 2.75) is 25.7 Å². The van der Waals surface area contributed by atoms with Gasteiger partial charge in [-0.15, -0.1) is 0 Å². The van der Waals surface area contributed by atoms with Crippen molar-refractivity contribution in [1.82, 2.24) is 5.32 Å². The average molecular weight is 295 g/mol. The summed E-state index contributed by atoms with van der Waals surface area (Å²) in [4.78, 5) is 0. The minimum Gasteiger partial charge on any atom is -0.494 e. The third kappa shape index (κ3) is 4.35. The predicted molar refractivity (Wildman–Crippen MR) is 92.2 cm³/mol. The van der Waals surface area contributed by atoms with Crippen LogP contribution in [0.1, 0.15) is 25.7 Å². The molecule has 2 aromatic rings. The van der Waals surface area contributed by atoms with Crippen LogP contribution in [0.4, 0.5) is 0 Å². The smallest absolute Gasteiger partial charge is 0.119 e. The van der Waals surface area contributed by atoms with Crippen LogP contribution in [0.15, 0.2) is 54.6 Å². The molecule has 2 aromatic carbocycles. The van der Waals surface area contributed by atoms with Gasteiger partial charge in [0, 0.05) is 0 Å². The van der Waals surface area contributed by atoms with E-state index in [0.717, 1.165) is 24.7 Å². The summed E-state index contributed by atoms with van der Waals surface area (Å²) in [6.45, 7) is 3.20. The molecule has 2 nitrogen and oxygen atoms in total. The lowest BCUT2D eigenvalue weighted by Crippen LogP contribution is -2.29. The van der Waals surface area contributed by atoms with E-state index in [1.54, 1.807) is 0 Å². The van der Waals surface area contributed by atoms with E-state index in [-0.39, 0.29) is 0 Å². The first-order valence-corrected chi connectivity index (χ1v) is 8.41. The number of ether oxygens (including phenoxy) is 1. The van der Waals surface area contributed by atoms with Gasteiger partial charge in [0.2, 0.25) is 0 Å². The van der Waals surface area contributed by atoms with Crippen molar-refractivity contribution in [2.24, 2.45) is 5.92 Å². The summed E-state index contributed by atoms with van der Waals surface area (Å²) < 4.78 is 5.87. The zero-order valence-electron chi connectivity index (χ0n) is 13.1. The molecule has 0 radical (unpaired) electrons. The first-order chi connectivity index (χ1) is 10.9. The fourth-order valence-corrected chi connectivity index (χ4v) is 3.11. The van der Waals surface area contributed by atoms with E-state index in [1.165, 1.54) is 43.5 Å². The molecule has 3 rings (SSSR count). The molecule has 1 unspecified atom stereocenters. The van der Waals surface area contributed by atoms with Crippen LogP contribution in [0, 0.1) is 5.92 Å². The Hall–Kier alpha value is -1.80. The fraction of sp³-hybridized carbons (Fsp3) is 0.400. The Kier molecular flexibility index (Phi) is 5.49. The molecule has 0 aromatic heterocycles. The van der Waals surface area contributed by atoms with Crippen LogP contribution in [0.2, 0.25) is 0 Å². The molecule has 1 aliphatic heterocycles. The Bertz CT molecular complexity index is 544. The van der Waals surface area contributed by atoms with Crippen molar-refractivity contribution in [1.29, 1.82) is 0 Å². The number of hydrogen-bond donors (Lipinski definition) is 1. The van der Waals surface area contributed by atoms with Gasteiger partial charge < -0.3 is 10.1 Å². The monoisotopic (exact) mass is 295 g/mol. The second kappa shape index (κ2) is 8.00. The van der Waals surface area contributed by atoms with Gasteiger partial charge in [-0.3, -0.25) is 0 Å². The maximum atomic E-state index is 5.87. The number of nitrogens with one attached hydrogen (secondary N) is 1. The normalized spacial score (nSPS) is 18.1. The summed E-state index contributed by atoms with van der Waals surface area (Å²) in [5.41, 5.74) is 2.49. The molecule has 1 N–H and O–H groups in total. The van der Waals surface area contributed by atoms with Gasteiger partial charge in [-0.05, 0) is 68.0 Å². The van der Waals surface area contributed by atoms with Crippen molar-refractivity contribution >= 4 is 0 Å². The van der Waals surface area contributed by atoms with E-state index in [0.29, 0.717) is 0 Å². The van der Waals surface area contributed by atoms with Crippen molar-refractivity contribution in [3.63, 3.8) is 0 Å². The van der Waals surface area contributed by atoms with Crippen LogP contribution in [-0.2, 0) is 0 Å². The number of hydrogen-bond acceptors (Lipinski definition) is 2. The molecular formula is C20H25NO.